The first kappa shape index (κ1) is 13.6. The van der Waals surface area contributed by atoms with Crippen LogP contribution in [0.2, 0.25) is 0 Å². The van der Waals surface area contributed by atoms with Gasteiger partial charge in [-0.05, 0) is 60.6 Å². The molecule has 0 atom stereocenters. The van der Waals surface area contributed by atoms with E-state index in [-0.39, 0.29) is 5.41 Å². The third kappa shape index (κ3) is 2.08. The highest BCUT2D eigenvalue weighted by Gasteiger charge is 2.31. The molecule has 0 N–H and O–H groups in total. The summed E-state index contributed by atoms with van der Waals surface area (Å²) < 4.78 is 0. The molecule has 1 aliphatic carbocycles. The van der Waals surface area contributed by atoms with E-state index in [4.69, 9.17) is 4.98 Å². The minimum atomic E-state index is 0.279. The topological polar surface area (TPSA) is 12.9 Å². The Morgan fingerprint density at radius 3 is 2.44 bits per heavy atom. The first-order valence-electron chi connectivity index (χ1n) is 7.41. The third-order valence-electron chi connectivity index (χ3n) is 4.59. The van der Waals surface area contributed by atoms with Crippen molar-refractivity contribution < 1.29 is 0 Å². The van der Waals surface area contributed by atoms with Gasteiger partial charge >= 0.3 is 0 Å². The van der Waals surface area contributed by atoms with Crippen LogP contribution in [0, 0.1) is 6.92 Å². The van der Waals surface area contributed by atoms with Crippen LogP contribution in [0.1, 0.15) is 81.5 Å². The first-order valence-corrected chi connectivity index (χ1v) is 7.41. The second kappa shape index (κ2) is 4.68. The van der Waals surface area contributed by atoms with E-state index in [1.54, 1.807) is 11.1 Å². The number of nitrogens with zero attached hydrogens (tertiary/aromatic N) is 1. The Morgan fingerprint density at radius 1 is 1.22 bits per heavy atom. The summed E-state index contributed by atoms with van der Waals surface area (Å²) in [6.07, 6.45) is 4.90. The number of pyridine rings is 1. The maximum absolute atomic E-state index is 4.88. The highest BCUT2D eigenvalue weighted by atomic mass is 14.7. The van der Waals surface area contributed by atoms with E-state index < -0.39 is 0 Å². The van der Waals surface area contributed by atoms with Gasteiger partial charge in [0.15, 0.2) is 0 Å². The number of rotatable bonds is 3. The minimum Gasteiger partial charge on any atom is -0.258 e. The van der Waals surface area contributed by atoms with E-state index in [9.17, 15) is 0 Å². The van der Waals surface area contributed by atoms with Gasteiger partial charge in [0.25, 0.3) is 0 Å². The number of aryl methyl sites for hydroxylation is 2. The van der Waals surface area contributed by atoms with Crippen molar-refractivity contribution in [3.05, 3.63) is 28.1 Å². The summed E-state index contributed by atoms with van der Waals surface area (Å²) >= 11 is 0. The summed E-state index contributed by atoms with van der Waals surface area (Å²) in [5.41, 5.74) is 7.65. The number of hydrogen-bond acceptors (Lipinski definition) is 1. The first-order chi connectivity index (χ1) is 8.38. The summed E-state index contributed by atoms with van der Waals surface area (Å²) in [4.78, 5) is 4.88. The van der Waals surface area contributed by atoms with Crippen LogP contribution >= 0.6 is 0 Å². The molecule has 0 fully saturated rings. The number of aromatic nitrogens is 1. The lowest BCUT2D eigenvalue weighted by Gasteiger charge is -2.31. The van der Waals surface area contributed by atoms with Crippen LogP contribution in [0.25, 0.3) is 0 Å². The molecule has 0 radical (unpaired) electrons. The quantitative estimate of drug-likeness (QED) is 0.753. The molecule has 1 aromatic rings. The summed E-state index contributed by atoms with van der Waals surface area (Å²) in [6.45, 7) is 13.9. The van der Waals surface area contributed by atoms with Gasteiger partial charge in [0.2, 0.25) is 0 Å². The van der Waals surface area contributed by atoms with Gasteiger partial charge in [-0.3, -0.25) is 4.98 Å². The SMILES string of the molecule is CCC(C)(C)c1c2c(nc(C)c1C(C)C)CCC2. The Morgan fingerprint density at radius 2 is 1.89 bits per heavy atom. The van der Waals surface area contributed by atoms with Gasteiger partial charge in [-0.15, -0.1) is 0 Å². The maximum Gasteiger partial charge on any atom is 0.0442 e. The largest absolute Gasteiger partial charge is 0.258 e. The van der Waals surface area contributed by atoms with Crippen LogP contribution in [0.4, 0.5) is 0 Å². The summed E-state index contributed by atoms with van der Waals surface area (Å²) in [6, 6.07) is 0. The fraction of sp³-hybridized carbons (Fsp3) is 0.706. The van der Waals surface area contributed by atoms with Crippen LogP contribution in [0.3, 0.4) is 0 Å². The molecule has 1 heteroatoms. The molecular formula is C17H27N. The highest BCUT2D eigenvalue weighted by Crippen LogP contribution is 2.40. The molecule has 1 aromatic heterocycles. The smallest absolute Gasteiger partial charge is 0.0442 e. The second-order valence-corrected chi connectivity index (χ2v) is 6.66. The van der Waals surface area contributed by atoms with Crippen LogP contribution in [-0.4, -0.2) is 4.98 Å². The Labute approximate surface area is 112 Å². The Hall–Kier alpha value is -0.850. The molecule has 0 unspecified atom stereocenters. The molecule has 0 spiro atoms. The number of fused-ring (bicyclic) bond motifs is 1. The molecule has 0 bridgehead atoms. The van der Waals surface area contributed by atoms with Gasteiger partial charge in [-0.25, -0.2) is 0 Å². The Balaban J connectivity index is 2.74. The van der Waals surface area contributed by atoms with E-state index in [0.717, 1.165) is 0 Å². The van der Waals surface area contributed by atoms with Gasteiger partial charge in [0.05, 0.1) is 0 Å². The average Bonchev–Trinajstić information content (AvgIpc) is 2.73. The van der Waals surface area contributed by atoms with Crippen LogP contribution < -0.4 is 0 Å². The predicted octanol–water partition coefficient (Wildman–Crippen LogP) is 4.69. The summed E-state index contributed by atoms with van der Waals surface area (Å²) in [5, 5.41) is 0. The highest BCUT2D eigenvalue weighted by molar-refractivity contribution is 5.48. The molecule has 0 amide bonds. The van der Waals surface area contributed by atoms with Gasteiger partial charge in [-0.1, -0.05) is 34.6 Å². The fourth-order valence-corrected chi connectivity index (χ4v) is 3.38. The maximum atomic E-state index is 4.88. The molecule has 1 nitrogen and oxygen atoms in total. The van der Waals surface area contributed by atoms with Gasteiger partial charge in [-0.2, -0.15) is 0 Å². The molecular weight excluding hydrogens is 218 g/mol. The van der Waals surface area contributed by atoms with E-state index in [0.29, 0.717) is 5.92 Å². The second-order valence-electron chi connectivity index (χ2n) is 6.66. The summed E-state index contributed by atoms with van der Waals surface area (Å²) in [7, 11) is 0. The van der Waals surface area contributed by atoms with Crippen molar-refractivity contribution in [2.24, 2.45) is 0 Å². The molecule has 0 saturated heterocycles. The zero-order valence-corrected chi connectivity index (χ0v) is 12.9. The lowest BCUT2D eigenvalue weighted by atomic mass is 9.74. The van der Waals surface area contributed by atoms with Crippen molar-refractivity contribution in [1.29, 1.82) is 0 Å². The average molecular weight is 245 g/mol. The van der Waals surface area contributed by atoms with Crippen molar-refractivity contribution in [3.8, 4) is 0 Å². The van der Waals surface area contributed by atoms with E-state index in [1.807, 2.05) is 0 Å². The third-order valence-corrected chi connectivity index (χ3v) is 4.59. The van der Waals surface area contributed by atoms with Crippen molar-refractivity contribution in [2.75, 3.05) is 0 Å². The minimum absolute atomic E-state index is 0.279. The Bertz CT molecular complexity index is 455. The van der Waals surface area contributed by atoms with Gasteiger partial charge in [0.1, 0.15) is 0 Å². The van der Waals surface area contributed by atoms with Crippen molar-refractivity contribution in [1.82, 2.24) is 4.98 Å². The predicted molar refractivity (Wildman–Crippen MR) is 78.4 cm³/mol. The van der Waals surface area contributed by atoms with Gasteiger partial charge in [0, 0.05) is 11.4 Å². The molecule has 0 aliphatic heterocycles. The monoisotopic (exact) mass is 245 g/mol. The molecule has 2 rings (SSSR count). The molecule has 1 heterocycles. The molecule has 18 heavy (non-hydrogen) atoms. The lowest BCUT2D eigenvalue weighted by Crippen LogP contribution is -2.23. The van der Waals surface area contributed by atoms with E-state index in [2.05, 4.69) is 41.5 Å². The summed E-state index contributed by atoms with van der Waals surface area (Å²) in [5.74, 6) is 0.573. The number of hydrogen-bond donors (Lipinski definition) is 0. The molecule has 0 saturated carbocycles. The lowest BCUT2D eigenvalue weighted by molar-refractivity contribution is 0.491. The van der Waals surface area contributed by atoms with Crippen molar-refractivity contribution >= 4 is 0 Å². The molecule has 1 aliphatic rings. The normalized spacial score (nSPS) is 15.3. The van der Waals surface area contributed by atoms with Crippen LogP contribution in [-0.2, 0) is 18.3 Å². The van der Waals surface area contributed by atoms with Crippen molar-refractivity contribution in [2.45, 2.75) is 78.6 Å². The van der Waals surface area contributed by atoms with Crippen LogP contribution in [0.5, 0.6) is 0 Å². The zero-order chi connectivity index (χ0) is 13.5. The molecule has 100 valence electrons. The van der Waals surface area contributed by atoms with Crippen LogP contribution in [0.15, 0.2) is 0 Å². The van der Waals surface area contributed by atoms with Crippen molar-refractivity contribution in [3.63, 3.8) is 0 Å². The van der Waals surface area contributed by atoms with E-state index in [1.165, 1.54) is 42.6 Å². The standard InChI is InChI=1S/C17H27N/c1-7-17(5,6)16-13-9-8-10-14(13)18-12(4)15(16)11(2)3/h11H,7-10H2,1-6H3. The Kier molecular flexibility index (Phi) is 3.53. The van der Waals surface area contributed by atoms with Gasteiger partial charge < -0.3 is 0 Å². The zero-order valence-electron chi connectivity index (χ0n) is 12.9. The van der Waals surface area contributed by atoms with E-state index >= 15 is 0 Å². The fourth-order valence-electron chi connectivity index (χ4n) is 3.38. The molecule has 0 aromatic carbocycles.